The Kier molecular flexibility index (Phi) is 12.5. The first-order valence-electron chi connectivity index (χ1n) is 18.7. The van der Waals surface area contributed by atoms with E-state index < -0.39 is 52.1 Å². The van der Waals surface area contributed by atoms with Gasteiger partial charge in [-0.1, -0.05) is 6.92 Å². The molecule has 6 rings (SSSR count). The third kappa shape index (κ3) is 9.30. The molecule has 1 aromatic heterocycles. The summed E-state index contributed by atoms with van der Waals surface area (Å²) in [5.41, 5.74) is -2.33. The van der Waals surface area contributed by atoms with E-state index in [4.69, 9.17) is 10.00 Å². The summed E-state index contributed by atoms with van der Waals surface area (Å²) in [6, 6.07) is 10.9. The number of nitrogens with zero attached hydrogens (tertiary/aromatic N) is 6. The number of halogens is 4. The van der Waals surface area contributed by atoms with Crippen LogP contribution in [0.2, 0.25) is 0 Å². The highest BCUT2D eigenvalue weighted by atomic mass is 32.1. The van der Waals surface area contributed by atoms with Crippen LogP contribution in [0.1, 0.15) is 50.4 Å². The number of alkyl halides is 3. The number of hydrogen-bond donors (Lipinski definition) is 4. The first-order chi connectivity index (χ1) is 27.5. The normalized spacial score (nSPS) is 20.2. The van der Waals surface area contributed by atoms with Crippen LogP contribution >= 0.6 is 12.6 Å². The van der Waals surface area contributed by atoms with Crippen molar-refractivity contribution < 1.29 is 41.5 Å². The number of amides is 4. The van der Waals surface area contributed by atoms with Crippen molar-refractivity contribution >= 4 is 59.0 Å². The second kappa shape index (κ2) is 17.2. The Morgan fingerprint density at radius 1 is 1.05 bits per heavy atom. The SMILES string of the molecule is CCc1cc(N2C(S)N(c3cnc(C#N)c(C(F)(F)F)c3)C(=O)C2(C)C)ccc1OCCN1CCN(CC(=O)Nc2cc(F)cc(NC3CCC(=O)NC3=O)c2)CC1. The first-order valence-corrected chi connectivity index (χ1v) is 19.2. The quantitative estimate of drug-likeness (QED) is 0.117. The van der Waals surface area contributed by atoms with E-state index in [-0.39, 0.29) is 42.6 Å². The van der Waals surface area contributed by atoms with Gasteiger partial charge in [0, 0.05) is 56.2 Å². The molecule has 0 spiro atoms. The average molecular weight is 826 g/mol. The van der Waals surface area contributed by atoms with Crippen molar-refractivity contribution in [1.82, 2.24) is 20.1 Å². The smallest absolute Gasteiger partial charge is 0.419 e. The molecule has 0 saturated carbocycles. The number of carbonyl (C=O) groups excluding carboxylic acids is 4. The topological polar surface area (TPSA) is 163 Å². The van der Waals surface area contributed by atoms with E-state index in [1.54, 1.807) is 30.9 Å². The number of carbonyl (C=O) groups is 4. The summed E-state index contributed by atoms with van der Waals surface area (Å²) in [6.45, 7) is 9.00. The van der Waals surface area contributed by atoms with E-state index in [2.05, 4.69) is 38.5 Å². The number of benzene rings is 2. The minimum Gasteiger partial charge on any atom is -0.492 e. The van der Waals surface area contributed by atoms with Crippen LogP contribution in [0, 0.1) is 17.1 Å². The van der Waals surface area contributed by atoms with Gasteiger partial charge in [-0.3, -0.25) is 39.2 Å². The van der Waals surface area contributed by atoms with E-state index in [9.17, 15) is 36.7 Å². The lowest BCUT2D eigenvalue weighted by Gasteiger charge is -2.34. The summed E-state index contributed by atoms with van der Waals surface area (Å²) in [4.78, 5) is 60.8. The van der Waals surface area contributed by atoms with E-state index in [0.29, 0.717) is 62.9 Å². The van der Waals surface area contributed by atoms with Gasteiger partial charge in [0.25, 0.3) is 5.91 Å². The molecule has 58 heavy (non-hydrogen) atoms. The van der Waals surface area contributed by atoms with Gasteiger partial charge in [0.2, 0.25) is 17.7 Å². The van der Waals surface area contributed by atoms with Crippen molar-refractivity contribution in [1.29, 1.82) is 5.26 Å². The van der Waals surface area contributed by atoms with Crippen LogP contribution in [-0.2, 0) is 31.8 Å². The first kappa shape index (κ1) is 42.2. The maximum Gasteiger partial charge on any atom is 0.419 e. The summed E-state index contributed by atoms with van der Waals surface area (Å²) in [6.07, 6.45) is -2.74. The number of thiol groups is 1. The van der Waals surface area contributed by atoms with Crippen LogP contribution in [0.4, 0.5) is 40.3 Å². The molecule has 4 heterocycles. The van der Waals surface area contributed by atoms with Gasteiger partial charge in [-0.2, -0.15) is 18.4 Å². The molecule has 3 N–H and O–H groups in total. The van der Waals surface area contributed by atoms with Gasteiger partial charge < -0.3 is 20.3 Å². The van der Waals surface area contributed by atoms with Crippen molar-refractivity contribution in [2.45, 2.75) is 63.3 Å². The Morgan fingerprint density at radius 2 is 1.76 bits per heavy atom. The van der Waals surface area contributed by atoms with Crippen LogP contribution in [-0.4, -0.2) is 101 Å². The van der Waals surface area contributed by atoms with E-state index in [0.717, 1.165) is 22.7 Å². The summed E-state index contributed by atoms with van der Waals surface area (Å²) in [5, 5.41) is 17.1. The molecule has 4 amide bonds. The van der Waals surface area contributed by atoms with Gasteiger partial charge in [0.05, 0.1) is 24.0 Å². The Morgan fingerprint density at radius 3 is 2.43 bits per heavy atom. The minimum atomic E-state index is -4.85. The van der Waals surface area contributed by atoms with Crippen molar-refractivity contribution in [3.8, 4) is 11.8 Å². The van der Waals surface area contributed by atoms with Gasteiger partial charge in [0.1, 0.15) is 35.8 Å². The minimum absolute atomic E-state index is 0.103. The highest BCUT2D eigenvalue weighted by Gasteiger charge is 2.52. The fourth-order valence-corrected chi connectivity index (χ4v) is 7.93. The molecule has 19 heteroatoms. The molecule has 2 atom stereocenters. The largest absolute Gasteiger partial charge is 0.492 e. The molecule has 0 bridgehead atoms. The molecule has 14 nitrogen and oxygen atoms in total. The number of rotatable bonds is 12. The molecule has 2 unspecified atom stereocenters. The number of anilines is 4. The van der Waals surface area contributed by atoms with E-state index in [1.165, 1.54) is 24.3 Å². The van der Waals surface area contributed by atoms with E-state index >= 15 is 0 Å². The van der Waals surface area contributed by atoms with Crippen LogP contribution in [0.3, 0.4) is 0 Å². The maximum absolute atomic E-state index is 14.4. The van der Waals surface area contributed by atoms with Crippen LogP contribution in [0.5, 0.6) is 5.75 Å². The third-order valence-electron chi connectivity index (χ3n) is 10.3. The maximum atomic E-state index is 14.4. The molecule has 3 aliphatic rings. The number of pyridine rings is 1. The zero-order valence-electron chi connectivity index (χ0n) is 32.0. The molecule has 0 radical (unpaired) electrons. The van der Waals surface area contributed by atoms with E-state index in [1.807, 2.05) is 17.9 Å². The lowest BCUT2D eigenvalue weighted by molar-refractivity contribution is -0.138. The number of piperidine rings is 1. The fourth-order valence-electron chi connectivity index (χ4n) is 7.27. The zero-order chi connectivity index (χ0) is 41.9. The highest BCUT2D eigenvalue weighted by Crippen LogP contribution is 2.43. The molecule has 3 fully saturated rings. The second-order valence-electron chi connectivity index (χ2n) is 14.7. The van der Waals surface area contributed by atoms with Crippen LogP contribution < -0.4 is 30.5 Å². The van der Waals surface area contributed by atoms with Gasteiger partial charge >= 0.3 is 6.18 Å². The molecular formula is C39H43F4N9O5S. The number of aryl methyl sites for hydroxylation is 1. The number of nitrogens with one attached hydrogen (secondary N) is 3. The fraction of sp³-hybridized carbons (Fsp3) is 0.436. The summed E-state index contributed by atoms with van der Waals surface area (Å²) >= 11 is 4.68. The Hall–Kier alpha value is -5.45. The number of hydrogen-bond acceptors (Lipinski definition) is 12. The standard InChI is InChI=1S/C39H43F4N9O5S/c1-4-23-15-27(52-37(58)51(36(56)38(52,2)3)28-19-29(39(41,42)43)31(20-44)45-21-28)5-7-32(23)57-14-13-49-9-11-50(12-10-49)22-34(54)47-26-17-24(40)16-25(18-26)46-30-6-8-33(53)48-35(30)55/h5,7,15-19,21,30,37,46,58H,4,6,8-14,22H2,1-3H3,(H,47,54)(H,48,53,55). The number of piperazine rings is 1. The lowest BCUT2D eigenvalue weighted by atomic mass is 10.0. The average Bonchev–Trinajstić information content (AvgIpc) is 3.34. The van der Waals surface area contributed by atoms with Gasteiger partial charge in [-0.15, -0.1) is 12.6 Å². The Bertz CT molecular complexity index is 2120. The predicted octanol–water partition coefficient (Wildman–Crippen LogP) is 4.37. The van der Waals surface area contributed by atoms with Crippen LogP contribution in [0.25, 0.3) is 0 Å². The second-order valence-corrected chi connectivity index (χ2v) is 15.1. The van der Waals surface area contributed by atoms with Gasteiger partial charge in [-0.25, -0.2) is 9.37 Å². The molecule has 3 aliphatic heterocycles. The molecule has 2 aromatic carbocycles. The van der Waals surface area contributed by atoms with Gasteiger partial charge in [0.15, 0.2) is 11.2 Å². The number of imide groups is 1. The molecule has 308 valence electrons. The predicted molar refractivity (Wildman–Crippen MR) is 210 cm³/mol. The van der Waals surface area contributed by atoms with Crippen molar-refractivity contribution in [2.24, 2.45) is 0 Å². The summed E-state index contributed by atoms with van der Waals surface area (Å²) < 4.78 is 61.8. The number of ether oxygens (including phenoxy) is 1. The Labute approximate surface area is 337 Å². The zero-order valence-corrected chi connectivity index (χ0v) is 32.9. The molecule has 0 aliphatic carbocycles. The Balaban J connectivity index is 0.999. The van der Waals surface area contributed by atoms with Crippen molar-refractivity contribution in [3.63, 3.8) is 0 Å². The van der Waals surface area contributed by atoms with Crippen molar-refractivity contribution in [2.75, 3.05) is 66.3 Å². The molecule has 3 aromatic rings. The molecular weight excluding hydrogens is 783 g/mol. The number of aromatic nitrogens is 1. The van der Waals surface area contributed by atoms with Crippen LogP contribution in [0.15, 0.2) is 48.7 Å². The third-order valence-corrected chi connectivity index (χ3v) is 10.8. The summed E-state index contributed by atoms with van der Waals surface area (Å²) in [7, 11) is 0. The van der Waals surface area contributed by atoms with Gasteiger partial charge in [-0.05, 0) is 74.7 Å². The molecule has 3 saturated heterocycles. The lowest BCUT2D eigenvalue weighted by Crippen LogP contribution is -2.49. The monoisotopic (exact) mass is 825 g/mol. The highest BCUT2D eigenvalue weighted by molar-refractivity contribution is 7.81. The summed E-state index contributed by atoms with van der Waals surface area (Å²) in [5.74, 6) is -1.60. The van der Waals surface area contributed by atoms with Crippen molar-refractivity contribution in [3.05, 3.63) is 71.3 Å². The number of nitriles is 1.